The third-order valence-electron chi connectivity index (χ3n) is 3.61. The van der Waals surface area contributed by atoms with E-state index in [9.17, 15) is 17.6 Å². The Morgan fingerprint density at radius 3 is 2.66 bits per heavy atom. The predicted octanol–water partition coefficient (Wildman–Crippen LogP) is 4.83. The van der Waals surface area contributed by atoms with E-state index in [0.717, 1.165) is 11.3 Å². The molecule has 2 N–H and O–H groups in total. The van der Waals surface area contributed by atoms with Gasteiger partial charge in [-0.2, -0.15) is 8.42 Å². The summed E-state index contributed by atoms with van der Waals surface area (Å²) in [6.07, 6.45) is 1.26. The Hall–Kier alpha value is -2.08. The van der Waals surface area contributed by atoms with Gasteiger partial charge < -0.3 is 5.32 Å². The molecule has 0 atom stereocenters. The lowest BCUT2D eigenvalue weighted by Crippen LogP contribution is -2.16. The predicted molar refractivity (Wildman–Crippen MR) is 114 cm³/mol. The molecule has 29 heavy (non-hydrogen) atoms. The van der Waals surface area contributed by atoms with Crippen molar-refractivity contribution in [3.05, 3.63) is 50.7 Å². The summed E-state index contributed by atoms with van der Waals surface area (Å²) in [6.45, 7) is 2.91. The minimum atomic E-state index is -4.02. The van der Waals surface area contributed by atoms with E-state index in [0.29, 0.717) is 26.3 Å². The molecule has 1 aromatic carbocycles. The zero-order valence-corrected chi connectivity index (χ0v) is 18.9. The van der Waals surface area contributed by atoms with Gasteiger partial charge in [0.2, 0.25) is 5.91 Å². The Kier molecular flexibility index (Phi) is 6.22. The number of aryl methyl sites for hydroxylation is 1. The number of carbonyl (C=O) groups excluding carboxylic acids is 1. The molecule has 3 rings (SSSR count). The topological polar surface area (TPSA) is 101 Å². The van der Waals surface area contributed by atoms with E-state index in [-0.39, 0.29) is 21.1 Å². The second-order valence-electron chi connectivity index (χ2n) is 5.90. The minimum Gasteiger partial charge on any atom is -0.325 e. The second kappa shape index (κ2) is 8.34. The van der Waals surface area contributed by atoms with Gasteiger partial charge in [-0.1, -0.05) is 22.9 Å². The fourth-order valence-electron chi connectivity index (χ4n) is 2.45. The quantitative estimate of drug-likeness (QED) is 0.503. The Labute approximate surface area is 183 Å². The fraction of sp³-hybridized carbons (Fsp3) is 0.118. The van der Waals surface area contributed by atoms with Gasteiger partial charge in [-0.25, -0.2) is 14.4 Å². The van der Waals surface area contributed by atoms with Crippen LogP contribution in [0.15, 0.2) is 39.3 Å². The summed E-state index contributed by atoms with van der Waals surface area (Å²) in [4.78, 5) is 19.3. The van der Waals surface area contributed by atoms with Gasteiger partial charge in [0.25, 0.3) is 10.0 Å². The standard InChI is InChI=1S/C17H13BrClFN4O3S2/c1-8-5-11(22-9(2)25)7-21-16(8)29(26,27)24-17-23-14(15(18)28-17)10-3-4-13(20)12(19)6-10/h3-7H,1-2H3,(H,22,25)(H,23,24). The molecule has 0 aliphatic heterocycles. The number of thiazole rings is 1. The number of nitrogens with zero attached hydrogens (tertiary/aromatic N) is 2. The van der Waals surface area contributed by atoms with Crippen LogP contribution in [-0.2, 0) is 14.8 Å². The summed E-state index contributed by atoms with van der Waals surface area (Å²) >= 11 is 10.2. The molecule has 2 heterocycles. The molecule has 2 aromatic heterocycles. The van der Waals surface area contributed by atoms with Crippen molar-refractivity contribution in [2.75, 3.05) is 10.0 Å². The molecule has 7 nitrogen and oxygen atoms in total. The maximum atomic E-state index is 13.4. The summed E-state index contributed by atoms with van der Waals surface area (Å²) in [7, 11) is -4.02. The third kappa shape index (κ3) is 4.92. The number of carbonyl (C=O) groups is 1. The number of hydrogen-bond donors (Lipinski definition) is 2. The van der Waals surface area contributed by atoms with Gasteiger partial charge in [0.15, 0.2) is 10.2 Å². The van der Waals surface area contributed by atoms with Crippen LogP contribution in [0.1, 0.15) is 12.5 Å². The van der Waals surface area contributed by atoms with Crippen molar-refractivity contribution in [2.45, 2.75) is 18.9 Å². The Bertz CT molecular complexity index is 1220. The highest BCUT2D eigenvalue weighted by Crippen LogP contribution is 2.37. The number of benzene rings is 1. The average Bonchev–Trinajstić information content (AvgIpc) is 2.96. The SMILES string of the molecule is CC(=O)Nc1cnc(S(=O)(=O)Nc2nc(-c3ccc(F)c(Cl)c3)c(Br)s2)c(C)c1. The molecule has 0 aliphatic rings. The van der Waals surface area contributed by atoms with Gasteiger partial charge in [0.1, 0.15) is 5.82 Å². The Morgan fingerprint density at radius 1 is 1.31 bits per heavy atom. The normalized spacial score (nSPS) is 11.3. The molecule has 152 valence electrons. The van der Waals surface area contributed by atoms with Crippen LogP contribution in [0.4, 0.5) is 15.2 Å². The summed E-state index contributed by atoms with van der Waals surface area (Å²) < 4.78 is 41.8. The van der Waals surface area contributed by atoms with Crippen molar-refractivity contribution >= 4 is 65.6 Å². The first-order chi connectivity index (χ1) is 13.6. The first-order valence-corrected chi connectivity index (χ1v) is 11.4. The van der Waals surface area contributed by atoms with E-state index in [4.69, 9.17) is 11.6 Å². The number of hydrogen-bond acceptors (Lipinski definition) is 6. The van der Waals surface area contributed by atoms with Crippen LogP contribution < -0.4 is 10.0 Å². The van der Waals surface area contributed by atoms with Gasteiger partial charge in [-0.05, 0) is 52.7 Å². The molecule has 0 spiro atoms. The summed E-state index contributed by atoms with van der Waals surface area (Å²) in [5, 5.41) is 2.38. The number of pyridine rings is 1. The van der Waals surface area contributed by atoms with Crippen LogP contribution in [0.3, 0.4) is 0 Å². The smallest absolute Gasteiger partial charge is 0.281 e. The molecule has 0 radical (unpaired) electrons. The highest BCUT2D eigenvalue weighted by atomic mass is 79.9. The van der Waals surface area contributed by atoms with Crippen molar-refractivity contribution in [1.29, 1.82) is 0 Å². The van der Waals surface area contributed by atoms with E-state index in [1.807, 2.05) is 0 Å². The van der Waals surface area contributed by atoms with Gasteiger partial charge in [-0.15, -0.1) is 0 Å². The summed E-state index contributed by atoms with van der Waals surface area (Å²) in [5.41, 5.74) is 1.69. The van der Waals surface area contributed by atoms with Crippen LogP contribution in [-0.4, -0.2) is 24.3 Å². The highest BCUT2D eigenvalue weighted by Gasteiger charge is 2.22. The molecular formula is C17H13BrClFN4O3S2. The van der Waals surface area contributed by atoms with Crippen LogP contribution in [0.5, 0.6) is 0 Å². The summed E-state index contributed by atoms with van der Waals surface area (Å²) in [6, 6.07) is 5.61. The Morgan fingerprint density at radius 2 is 2.03 bits per heavy atom. The number of nitrogens with one attached hydrogen (secondary N) is 2. The van der Waals surface area contributed by atoms with E-state index < -0.39 is 15.8 Å². The average molecular weight is 520 g/mol. The lowest BCUT2D eigenvalue weighted by Gasteiger charge is -2.09. The first kappa shape index (κ1) is 21.6. The minimum absolute atomic E-state index is 0.0661. The molecular weight excluding hydrogens is 507 g/mol. The van der Waals surface area contributed by atoms with Crippen molar-refractivity contribution in [1.82, 2.24) is 9.97 Å². The number of amides is 1. The third-order valence-corrected chi connectivity index (χ3v) is 7.04. The fourth-order valence-corrected chi connectivity index (χ4v) is 5.51. The zero-order chi connectivity index (χ0) is 21.3. The largest absolute Gasteiger partial charge is 0.325 e. The molecule has 0 aliphatic carbocycles. The molecule has 0 unspecified atom stereocenters. The van der Waals surface area contributed by atoms with Crippen LogP contribution in [0, 0.1) is 12.7 Å². The molecule has 0 bridgehead atoms. The molecule has 1 amide bonds. The van der Waals surface area contributed by atoms with Gasteiger partial charge in [0.05, 0.1) is 26.4 Å². The number of rotatable bonds is 5. The van der Waals surface area contributed by atoms with Crippen molar-refractivity contribution < 1.29 is 17.6 Å². The van der Waals surface area contributed by atoms with E-state index >= 15 is 0 Å². The van der Waals surface area contributed by atoms with Crippen molar-refractivity contribution in [2.24, 2.45) is 0 Å². The first-order valence-electron chi connectivity index (χ1n) is 7.95. The molecule has 12 heteroatoms. The maximum absolute atomic E-state index is 13.4. The molecule has 0 saturated heterocycles. The lowest BCUT2D eigenvalue weighted by molar-refractivity contribution is -0.114. The van der Waals surface area contributed by atoms with Crippen molar-refractivity contribution in [3.8, 4) is 11.3 Å². The number of halogens is 3. The molecule has 0 saturated carbocycles. The van der Waals surface area contributed by atoms with Crippen LogP contribution in [0.25, 0.3) is 11.3 Å². The number of anilines is 2. The van der Waals surface area contributed by atoms with Crippen molar-refractivity contribution in [3.63, 3.8) is 0 Å². The van der Waals surface area contributed by atoms with Gasteiger partial charge in [-0.3, -0.25) is 9.52 Å². The lowest BCUT2D eigenvalue weighted by atomic mass is 10.2. The van der Waals surface area contributed by atoms with E-state index in [1.54, 1.807) is 6.92 Å². The summed E-state index contributed by atoms with van der Waals surface area (Å²) in [5.74, 6) is -0.854. The van der Waals surface area contributed by atoms with Gasteiger partial charge >= 0.3 is 0 Å². The molecule has 3 aromatic rings. The van der Waals surface area contributed by atoms with E-state index in [2.05, 4.69) is 35.9 Å². The monoisotopic (exact) mass is 518 g/mol. The number of aromatic nitrogens is 2. The highest BCUT2D eigenvalue weighted by molar-refractivity contribution is 9.11. The molecule has 0 fully saturated rings. The number of sulfonamides is 1. The van der Waals surface area contributed by atoms with Crippen LogP contribution >= 0.6 is 38.9 Å². The van der Waals surface area contributed by atoms with E-state index in [1.165, 1.54) is 37.4 Å². The maximum Gasteiger partial charge on any atom is 0.281 e. The Balaban J connectivity index is 1.89. The second-order valence-corrected chi connectivity index (χ2v) is 10.2. The van der Waals surface area contributed by atoms with Gasteiger partial charge in [0, 0.05) is 12.5 Å². The van der Waals surface area contributed by atoms with Crippen LogP contribution in [0.2, 0.25) is 5.02 Å². The zero-order valence-electron chi connectivity index (χ0n) is 15.0.